The number of nitriles is 2. The number of aliphatic hydroxyl groups is 1. The number of anilines is 2. The Morgan fingerprint density at radius 1 is 0.706 bits per heavy atom. The summed E-state index contributed by atoms with van der Waals surface area (Å²) in [5.41, 5.74) is 5.98. The van der Waals surface area contributed by atoms with E-state index in [4.69, 9.17) is 90.1 Å². The van der Waals surface area contributed by atoms with Crippen molar-refractivity contribution >= 4 is 111 Å². The molecule has 1 aliphatic carbocycles. The van der Waals surface area contributed by atoms with Gasteiger partial charge in [-0.3, -0.25) is 15.4 Å². The maximum absolute atomic E-state index is 15.3. The molecule has 3 N–H and O–H groups in total. The number of pyridine rings is 2. The van der Waals surface area contributed by atoms with Gasteiger partial charge < -0.3 is 68.3 Å². The van der Waals surface area contributed by atoms with Crippen molar-refractivity contribution < 1.29 is 80.9 Å². The first kappa shape index (κ1) is 82.0. The van der Waals surface area contributed by atoms with Gasteiger partial charge in [-0.1, -0.05) is 90.0 Å². The third kappa shape index (κ3) is 21.4. The molecule has 5 aromatic carbocycles. The molecular formula is C75H87BCl4N11O10Y-. The van der Waals surface area contributed by atoms with Gasteiger partial charge in [0.25, 0.3) is 0 Å². The Balaban J connectivity index is 0.000000301. The number of aromatic hydroxyl groups is 1. The summed E-state index contributed by atoms with van der Waals surface area (Å²) in [4.78, 5) is 35.2. The zero-order valence-electron chi connectivity index (χ0n) is 59.3. The third-order valence-electron chi connectivity index (χ3n) is 17.9. The molecule has 102 heavy (non-hydrogen) atoms. The van der Waals surface area contributed by atoms with Gasteiger partial charge >= 0.3 is 6.09 Å². The third-order valence-corrected chi connectivity index (χ3v) is 19.1. The molecule has 0 spiro atoms. The Hall–Kier alpha value is -7.31. The SMILES string of the molecule is C=C(C)C1CCC(C)=CC1c1c(O)cc(CCCCC)cc1OC(=O)N(c1cc(OC)c(Cl)cc1Cl)c1c(C#N)cnc2cc(OCCCN3CCN(C)CC3)c(OC)cc12.COc1cc([N-]c2c(C#N)cnc3cc(OCCCN4CCN(C)CC4)c(OC)cc23)c(Cl)cc1Cl.[B]C(=N)O.[Y]. The second kappa shape index (κ2) is 39.5. The average molecular weight is 1540 g/mol. The number of allylic oxidation sites excluding steroid dienone is 3. The number of nitrogens with zero attached hydrogens (tertiary/aromatic N) is 10. The van der Waals surface area contributed by atoms with Gasteiger partial charge in [-0.2, -0.15) is 10.5 Å². The van der Waals surface area contributed by atoms with Crippen LogP contribution in [0.25, 0.3) is 27.1 Å². The normalized spacial score (nSPS) is 15.5. The van der Waals surface area contributed by atoms with E-state index in [0.717, 1.165) is 122 Å². The molecule has 27 heteroatoms. The molecule has 1 amide bonds. The van der Waals surface area contributed by atoms with Crippen LogP contribution in [0.5, 0.6) is 46.0 Å². The summed E-state index contributed by atoms with van der Waals surface area (Å²) in [5, 5.41) is 52.2. The van der Waals surface area contributed by atoms with Crippen LogP contribution in [0.1, 0.15) is 93.9 Å². The number of aromatic nitrogens is 2. The number of fused-ring (bicyclic) bond motifs is 2. The Labute approximate surface area is 644 Å². The monoisotopic (exact) mass is 1540 g/mol. The van der Waals surface area contributed by atoms with Crippen molar-refractivity contribution in [3.8, 4) is 58.1 Å². The van der Waals surface area contributed by atoms with Crippen LogP contribution in [-0.2, 0) is 39.1 Å². The molecule has 2 unspecified atom stereocenters. The molecule has 10 rings (SSSR count). The molecule has 537 valence electrons. The number of aliphatic hydroxyl groups excluding tert-OH is 1. The van der Waals surface area contributed by atoms with Crippen molar-refractivity contribution in [1.82, 2.24) is 29.6 Å². The van der Waals surface area contributed by atoms with E-state index in [2.05, 4.69) is 95.5 Å². The number of carbonyl (C=O) groups is 1. The van der Waals surface area contributed by atoms with E-state index in [-0.39, 0.29) is 88.8 Å². The van der Waals surface area contributed by atoms with Crippen molar-refractivity contribution in [2.24, 2.45) is 5.92 Å². The number of piperazine rings is 2. The molecule has 2 atom stereocenters. The fourth-order valence-electron chi connectivity index (χ4n) is 12.4. The second-order valence-corrected chi connectivity index (χ2v) is 26.7. The van der Waals surface area contributed by atoms with E-state index in [1.165, 1.54) is 56.3 Å². The van der Waals surface area contributed by atoms with Crippen LogP contribution in [0.3, 0.4) is 0 Å². The Morgan fingerprint density at radius 2 is 1.23 bits per heavy atom. The number of rotatable bonds is 25. The zero-order valence-corrected chi connectivity index (χ0v) is 65.2. The fraction of sp³-hybridized carbons (Fsp3) is 0.413. The molecule has 2 aromatic heterocycles. The number of ether oxygens (including phenoxy) is 7. The van der Waals surface area contributed by atoms with Crippen LogP contribution in [0.4, 0.5) is 27.5 Å². The van der Waals surface area contributed by atoms with Crippen LogP contribution in [0.15, 0.2) is 96.9 Å². The van der Waals surface area contributed by atoms with Crippen LogP contribution in [0, 0.1) is 34.0 Å². The molecule has 2 aliphatic heterocycles. The summed E-state index contributed by atoms with van der Waals surface area (Å²) < 4.78 is 41.2. The Morgan fingerprint density at radius 3 is 1.75 bits per heavy atom. The van der Waals surface area contributed by atoms with Gasteiger partial charge in [0.15, 0.2) is 30.8 Å². The standard InChI is InChI=1S/C48H57Cl2N5O6.C26H28Cl2N5O3.CH2BNO.Y/c1-8-9-10-12-32-22-41(56)46(35-21-31(4)13-14-34(35)30(2)3)45(23-32)61-48(57)55(40-27-42(58-6)38(50)25-37(40)49)47-33(28-51)29-52-39-26-44(43(59-7)24-36(39)47)60-20-11-15-54-18-16-53(5)17-19-54;1-32-6-8-33(9-7-32)5-4-10-36-25-13-21-18(11-24(25)35-3)26(17(15-29)16-30-21)31-22-14-23(34-2)20(28)12-19(22)27;2-1(3)4;/h21-27,29,34-35,56H,2,8-20H2,1,3-7H3;11-14,16H,4-10H2,1-3H3;(H2,3,4);/q;-1;;. The first-order chi connectivity index (χ1) is 48.5. The number of carbonyl (C=O) groups excluding carboxylic acids is 1. The van der Waals surface area contributed by atoms with Gasteiger partial charge in [-0.15, -0.1) is 11.4 Å². The van der Waals surface area contributed by atoms with E-state index in [9.17, 15) is 15.6 Å². The summed E-state index contributed by atoms with van der Waals surface area (Å²) in [6.07, 6.45) is 11.2. The van der Waals surface area contributed by atoms with E-state index in [1.807, 2.05) is 19.1 Å². The number of amides is 1. The summed E-state index contributed by atoms with van der Waals surface area (Å²) in [6.45, 7) is 21.9. The number of benzene rings is 5. The Kier molecular flexibility index (Phi) is 31.8. The number of phenols is 1. The predicted octanol–water partition coefficient (Wildman–Crippen LogP) is 16.7. The molecule has 0 saturated carbocycles. The van der Waals surface area contributed by atoms with Crippen molar-refractivity contribution in [1.29, 1.82) is 15.9 Å². The fourth-order valence-corrected chi connectivity index (χ4v) is 13.5. The predicted molar refractivity (Wildman–Crippen MR) is 402 cm³/mol. The summed E-state index contributed by atoms with van der Waals surface area (Å²) in [5.74, 6) is 1.74. The van der Waals surface area contributed by atoms with Crippen molar-refractivity contribution in [2.45, 2.75) is 78.1 Å². The number of likely N-dealkylation sites (N-methyl/N-ethyl adjacent to an activating group) is 2. The quantitative estimate of drug-likeness (QED) is 0.0158. The van der Waals surface area contributed by atoms with Gasteiger partial charge in [-0.05, 0) is 126 Å². The maximum atomic E-state index is 15.3. The van der Waals surface area contributed by atoms with E-state index in [1.54, 1.807) is 43.5 Å². The largest absolute Gasteiger partial charge is 0.655 e. The first-order valence-corrected chi connectivity index (χ1v) is 34.9. The molecule has 3 radical (unpaired) electrons. The number of nitrogens with one attached hydrogen (secondary N) is 1. The average Bonchev–Trinajstić information content (AvgIpc) is 0.759. The number of aryl methyl sites for hydroxylation is 1. The number of phenolic OH excluding ortho intramolecular Hbond substituents is 1. The molecule has 3 aliphatic rings. The van der Waals surface area contributed by atoms with Crippen molar-refractivity contribution in [3.63, 3.8) is 0 Å². The van der Waals surface area contributed by atoms with Gasteiger partial charge in [0.1, 0.15) is 34.9 Å². The molecule has 4 heterocycles. The van der Waals surface area contributed by atoms with Crippen molar-refractivity contribution in [2.75, 3.05) is 126 Å². The zero-order chi connectivity index (χ0) is 73.0. The molecule has 0 bridgehead atoms. The number of hydrogen-bond donors (Lipinski definition) is 3. The molecule has 21 nitrogen and oxygen atoms in total. The Bertz CT molecular complexity index is 4220. The van der Waals surface area contributed by atoms with Crippen LogP contribution < -0.4 is 38.1 Å². The number of halogens is 4. The summed E-state index contributed by atoms with van der Waals surface area (Å²) in [7, 11) is 14.6. The smallest absolute Gasteiger partial charge is 0.424 e. The van der Waals surface area contributed by atoms with Gasteiger partial charge in [0.2, 0.25) is 0 Å². The van der Waals surface area contributed by atoms with Gasteiger partial charge in [0, 0.05) is 151 Å². The minimum atomic E-state index is -0.895. The number of unbranched alkanes of at least 4 members (excludes halogenated alkanes) is 2. The number of methoxy groups -OCH3 is 4. The topological polar surface area (TPSA) is 250 Å². The van der Waals surface area contributed by atoms with Crippen LogP contribution in [-0.4, -0.2) is 181 Å². The summed E-state index contributed by atoms with van der Waals surface area (Å²) in [6, 6.07) is 21.2. The first-order valence-electron chi connectivity index (χ1n) is 33.4. The van der Waals surface area contributed by atoms with Crippen molar-refractivity contribution in [3.05, 3.63) is 145 Å². The van der Waals surface area contributed by atoms with E-state index >= 15 is 4.79 Å². The minimum Gasteiger partial charge on any atom is -0.655 e. The van der Waals surface area contributed by atoms with Crippen LogP contribution >= 0.6 is 46.4 Å². The minimum absolute atomic E-state index is 0. The molecule has 7 aromatic rings. The second-order valence-electron chi connectivity index (χ2n) is 25.1. The summed E-state index contributed by atoms with van der Waals surface area (Å²) >= 11 is 26.1. The van der Waals surface area contributed by atoms with Gasteiger partial charge in [-0.25, -0.2) is 9.69 Å². The molecule has 2 saturated heterocycles. The van der Waals surface area contributed by atoms with Gasteiger partial charge in [0.05, 0.1) is 96.3 Å². The maximum Gasteiger partial charge on any atom is 0.424 e. The molecular weight excluding hydrogens is 1460 g/mol. The van der Waals surface area contributed by atoms with Crippen LogP contribution in [0.2, 0.25) is 20.1 Å². The van der Waals surface area contributed by atoms with E-state index < -0.39 is 11.9 Å². The number of hydrogen-bond acceptors (Lipinski definition) is 18. The molecule has 2 fully saturated rings. The van der Waals surface area contributed by atoms with E-state index in [0.29, 0.717) is 103 Å².